The van der Waals surface area contributed by atoms with E-state index in [0.717, 1.165) is 12.0 Å². The van der Waals surface area contributed by atoms with Crippen LogP contribution in [0.4, 0.5) is 0 Å². The van der Waals surface area contributed by atoms with Crippen molar-refractivity contribution >= 4 is 17.4 Å². The minimum atomic E-state index is 0.110. The normalized spacial score (nSPS) is 10.6. The summed E-state index contributed by atoms with van der Waals surface area (Å²) in [6.45, 7) is 1.96. The second-order valence-corrected chi connectivity index (χ2v) is 4.42. The third kappa shape index (κ3) is 3.17. The summed E-state index contributed by atoms with van der Waals surface area (Å²) < 4.78 is 5.05. The highest BCUT2D eigenvalue weighted by Gasteiger charge is 2.12. The number of hydrogen-bond donors (Lipinski definition) is 0. The second kappa shape index (κ2) is 5.78. The van der Waals surface area contributed by atoms with Crippen LogP contribution in [0, 0.1) is 0 Å². The fraction of sp³-hybridized carbons (Fsp3) is 0.308. The van der Waals surface area contributed by atoms with Crippen molar-refractivity contribution in [2.75, 3.05) is 0 Å². The Morgan fingerprint density at radius 3 is 3.00 bits per heavy atom. The van der Waals surface area contributed by atoms with Crippen LogP contribution < -0.4 is 0 Å². The highest BCUT2D eigenvalue weighted by molar-refractivity contribution is 6.30. The smallest absolute Gasteiger partial charge is 0.234 e. The Kier molecular flexibility index (Phi) is 4.10. The molecule has 1 aromatic heterocycles. The second-order valence-electron chi connectivity index (χ2n) is 3.99. The molecule has 0 saturated heterocycles. The van der Waals surface area contributed by atoms with Crippen LogP contribution >= 0.6 is 11.6 Å². The van der Waals surface area contributed by atoms with Gasteiger partial charge in [0, 0.05) is 17.0 Å². The molecule has 2 rings (SSSR count). The minimum Gasteiger partial charge on any atom is -0.339 e. The third-order valence-electron chi connectivity index (χ3n) is 2.43. The largest absolute Gasteiger partial charge is 0.339 e. The average molecular weight is 265 g/mol. The predicted octanol–water partition coefficient (Wildman–Crippen LogP) is 3.30. The van der Waals surface area contributed by atoms with Crippen molar-refractivity contribution in [2.45, 2.75) is 26.2 Å². The number of carbonyl (C=O) groups excluding carboxylic acids is 1. The van der Waals surface area contributed by atoms with Crippen molar-refractivity contribution < 1.29 is 9.32 Å². The number of rotatable bonds is 5. The lowest BCUT2D eigenvalue weighted by Gasteiger charge is -1.94. The van der Waals surface area contributed by atoms with E-state index >= 15 is 0 Å². The van der Waals surface area contributed by atoms with E-state index in [-0.39, 0.29) is 12.2 Å². The molecule has 0 radical (unpaired) electrons. The Morgan fingerprint density at radius 1 is 1.44 bits per heavy atom. The zero-order chi connectivity index (χ0) is 13.0. The summed E-state index contributed by atoms with van der Waals surface area (Å²) in [5.41, 5.74) is 0.778. The van der Waals surface area contributed by atoms with Gasteiger partial charge in [-0.3, -0.25) is 4.79 Å². The summed E-state index contributed by atoms with van der Waals surface area (Å²) >= 11 is 5.89. The Hall–Kier alpha value is -1.68. The van der Waals surface area contributed by atoms with Crippen LogP contribution in [0.25, 0.3) is 11.4 Å². The number of ketones is 1. The van der Waals surface area contributed by atoms with E-state index in [9.17, 15) is 4.79 Å². The van der Waals surface area contributed by atoms with E-state index in [1.54, 1.807) is 12.1 Å². The number of Topliss-reactive ketones (excluding diaryl/α,β-unsaturated/α-hetero) is 1. The van der Waals surface area contributed by atoms with Gasteiger partial charge < -0.3 is 4.52 Å². The lowest BCUT2D eigenvalue weighted by atomic mass is 10.2. The third-order valence-corrected chi connectivity index (χ3v) is 2.66. The van der Waals surface area contributed by atoms with E-state index in [4.69, 9.17) is 16.1 Å². The maximum atomic E-state index is 11.5. The molecule has 2 aromatic rings. The van der Waals surface area contributed by atoms with Gasteiger partial charge in [-0.25, -0.2) is 0 Å². The molecule has 0 aliphatic rings. The molecule has 0 aliphatic heterocycles. The molecular formula is C13H13ClN2O2. The quantitative estimate of drug-likeness (QED) is 0.831. The Morgan fingerprint density at radius 2 is 2.28 bits per heavy atom. The van der Waals surface area contributed by atoms with Gasteiger partial charge in [-0.1, -0.05) is 35.8 Å². The zero-order valence-corrected chi connectivity index (χ0v) is 10.8. The van der Waals surface area contributed by atoms with Crippen molar-refractivity contribution in [3.05, 3.63) is 35.2 Å². The molecule has 0 N–H and O–H groups in total. The molecule has 0 fully saturated rings. The van der Waals surface area contributed by atoms with Crippen LogP contribution in [-0.2, 0) is 11.2 Å². The topological polar surface area (TPSA) is 56.0 Å². The maximum absolute atomic E-state index is 11.5. The van der Waals surface area contributed by atoms with Crippen molar-refractivity contribution in [2.24, 2.45) is 0 Å². The van der Waals surface area contributed by atoms with E-state index < -0.39 is 0 Å². The summed E-state index contributed by atoms with van der Waals surface area (Å²) in [5, 5.41) is 4.46. The molecule has 0 atom stereocenters. The Balaban J connectivity index is 2.13. The lowest BCUT2D eigenvalue weighted by Crippen LogP contribution is -2.01. The van der Waals surface area contributed by atoms with E-state index in [0.29, 0.717) is 23.2 Å². The minimum absolute atomic E-state index is 0.110. The molecule has 5 heteroatoms. The first-order chi connectivity index (χ1) is 8.69. The monoisotopic (exact) mass is 264 g/mol. The molecule has 1 heterocycles. The number of nitrogens with zero attached hydrogens (tertiary/aromatic N) is 2. The van der Waals surface area contributed by atoms with Crippen LogP contribution in [0.2, 0.25) is 5.02 Å². The molecule has 18 heavy (non-hydrogen) atoms. The maximum Gasteiger partial charge on any atom is 0.234 e. The van der Waals surface area contributed by atoms with Crippen LogP contribution in [-0.4, -0.2) is 15.9 Å². The van der Waals surface area contributed by atoms with Gasteiger partial charge in [-0.2, -0.15) is 4.98 Å². The molecule has 0 spiro atoms. The number of aromatic nitrogens is 2. The summed E-state index contributed by atoms with van der Waals surface area (Å²) in [6, 6.07) is 7.19. The summed E-state index contributed by atoms with van der Waals surface area (Å²) in [5.74, 6) is 0.916. The van der Waals surface area contributed by atoms with E-state index in [2.05, 4.69) is 10.1 Å². The van der Waals surface area contributed by atoms with Crippen molar-refractivity contribution in [1.29, 1.82) is 0 Å². The van der Waals surface area contributed by atoms with Gasteiger partial charge in [-0.05, 0) is 18.6 Å². The first-order valence-corrected chi connectivity index (χ1v) is 6.17. The fourth-order valence-corrected chi connectivity index (χ4v) is 1.80. The molecule has 4 nitrogen and oxygen atoms in total. The van der Waals surface area contributed by atoms with Gasteiger partial charge in [-0.15, -0.1) is 0 Å². The van der Waals surface area contributed by atoms with Gasteiger partial charge in [0.2, 0.25) is 11.7 Å². The van der Waals surface area contributed by atoms with Crippen LogP contribution in [0.5, 0.6) is 0 Å². The first kappa shape index (κ1) is 12.8. The number of carbonyl (C=O) groups is 1. The van der Waals surface area contributed by atoms with Gasteiger partial charge in [0.1, 0.15) is 5.78 Å². The summed E-state index contributed by atoms with van der Waals surface area (Å²) in [6.07, 6.45) is 1.56. The Bertz CT molecular complexity index is 551. The van der Waals surface area contributed by atoms with Crippen LogP contribution in [0.15, 0.2) is 28.8 Å². The molecule has 1 aromatic carbocycles. The lowest BCUT2D eigenvalue weighted by molar-refractivity contribution is -0.118. The zero-order valence-electron chi connectivity index (χ0n) is 10.0. The molecule has 94 valence electrons. The predicted molar refractivity (Wildman–Crippen MR) is 68.4 cm³/mol. The van der Waals surface area contributed by atoms with E-state index in [1.807, 2.05) is 19.1 Å². The van der Waals surface area contributed by atoms with Crippen LogP contribution in [0.3, 0.4) is 0 Å². The molecule has 0 amide bonds. The van der Waals surface area contributed by atoms with Crippen molar-refractivity contribution in [3.8, 4) is 11.4 Å². The summed E-state index contributed by atoms with van der Waals surface area (Å²) in [7, 11) is 0. The molecule has 0 saturated carbocycles. The number of hydrogen-bond acceptors (Lipinski definition) is 4. The number of benzene rings is 1. The van der Waals surface area contributed by atoms with Gasteiger partial charge in [0.25, 0.3) is 0 Å². The molecule has 0 aliphatic carbocycles. The summed E-state index contributed by atoms with van der Waals surface area (Å²) in [4.78, 5) is 15.7. The molecule has 0 bridgehead atoms. The highest BCUT2D eigenvalue weighted by atomic mass is 35.5. The van der Waals surface area contributed by atoms with Crippen molar-refractivity contribution in [1.82, 2.24) is 10.1 Å². The Labute approximate surface area is 110 Å². The van der Waals surface area contributed by atoms with Gasteiger partial charge in [0.05, 0.1) is 6.42 Å². The van der Waals surface area contributed by atoms with E-state index in [1.165, 1.54) is 0 Å². The molecular weight excluding hydrogens is 252 g/mol. The average Bonchev–Trinajstić information content (AvgIpc) is 2.78. The first-order valence-electron chi connectivity index (χ1n) is 5.79. The fourth-order valence-electron chi connectivity index (χ4n) is 1.61. The standard InChI is InChI=1S/C13H13ClN2O2/c1-2-4-11(17)8-12-15-13(16-18-12)9-5-3-6-10(14)7-9/h3,5-7H,2,4,8H2,1H3. The SMILES string of the molecule is CCCC(=O)Cc1nc(-c2cccc(Cl)c2)no1. The van der Waals surface area contributed by atoms with Crippen LogP contribution in [0.1, 0.15) is 25.7 Å². The number of halogens is 1. The highest BCUT2D eigenvalue weighted by Crippen LogP contribution is 2.20. The van der Waals surface area contributed by atoms with Gasteiger partial charge >= 0.3 is 0 Å². The van der Waals surface area contributed by atoms with Crippen molar-refractivity contribution in [3.63, 3.8) is 0 Å². The van der Waals surface area contributed by atoms with Gasteiger partial charge in [0.15, 0.2) is 0 Å². The molecule has 0 unspecified atom stereocenters.